The van der Waals surface area contributed by atoms with Crippen molar-refractivity contribution in [1.82, 2.24) is 9.62 Å². The maximum atomic E-state index is 13.3. The molecule has 10 heteroatoms. The minimum atomic E-state index is -3.96. The Morgan fingerprint density at radius 3 is 2.63 bits per heavy atom. The van der Waals surface area contributed by atoms with Gasteiger partial charge in [0.05, 0.1) is 4.90 Å². The van der Waals surface area contributed by atoms with E-state index in [0.717, 1.165) is 15.1 Å². The van der Waals surface area contributed by atoms with E-state index in [1.165, 1.54) is 17.8 Å². The largest absolute Gasteiger partial charge is 0.480 e. The first-order valence-electron chi connectivity index (χ1n) is 9.45. The molecule has 2 aromatic carbocycles. The average Bonchev–Trinajstić information content (AvgIpc) is 3.13. The second-order valence-electron chi connectivity index (χ2n) is 7.17. The van der Waals surface area contributed by atoms with Crippen LogP contribution in [0.2, 0.25) is 0 Å². The van der Waals surface area contributed by atoms with Crippen molar-refractivity contribution in [2.45, 2.75) is 35.1 Å². The molecule has 3 rings (SSSR count). The van der Waals surface area contributed by atoms with E-state index in [0.29, 0.717) is 5.75 Å². The fourth-order valence-corrected chi connectivity index (χ4v) is 6.15. The number of amides is 1. The Hall–Kier alpha value is -1.75. The van der Waals surface area contributed by atoms with Gasteiger partial charge in [-0.1, -0.05) is 30.3 Å². The van der Waals surface area contributed by atoms with Crippen molar-refractivity contribution >= 4 is 57.1 Å². The van der Waals surface area contributed by atoms with E-state index in [1.54, 1.807) is 12.1 Å². The highest BCUT2D eigenvalue weighted by Crippen LogP contribution is 2.30. The minimum absolute atomic E-state index is 0.0822. The highest BCUT2D eigenvalue weighted by Gasteiger charge is 2.43. The molecule has 0 bridgehead atoms. The first kappa shape index (κ1) is 22.9. The maximum Gasteiger partial charge on any atom is 0.326 e. The van der Waals surface area contributed by atoms with Crippen LogP contribution in [-0.2, 0) is 19.6 Å². The number of hydrogen-bond donors (Lipinski definition) is 3. The van der Waals surface area contributed by atoms with Crippen molar-refractivity contribution in [2.75, 3.05) is 18.6 Å². The molecule has 0 aromatic heterocycles. The van der Waals surface area contributed by atoms with E-state index in [1.807, 2.05) is 30.5 Å². The van der Waals surface area contributed by atoms with Gasteiger partial charge in [-0.25, -0.2) is 13.2 Å². The summed E-state index contributed by atoms with van der Waals surface area (Å²) in [7, 11) is -3.96. The lowest BCUT2D eigenvalue weighted by atomic mass is 10.1. The van der Waals surface area contributed by atoms with E-state index in [9.17, 15) is 23.1 Å². The molecular weight excluding hydrogens is 444 g/mol. The number of hydrogen-bond acceptors (Lipinski definition) is 6. The molecule has 2 aromatic rings. The van der Waals surface area contributed by atoms with E-state index in [-0.39, 0.29) is 29.5 Å². The van der Waals surface area contributed by atoms with E-state index >= 15 is 0 Å². The molecule has 0 aliphatic carbocycles. The fraction of sp³-hybridized carbons (Fsp3) is 0.400. The number of carboxylic acid groups (broad SMARTS) is 1. The number of thioether (sulfide) groups is 1. The van der Waals surface area contributed by atoms with Crippen molar-refractivity contribution in [1.29, 1.82) is 0 Å². The summed E-state index contributed by atoms with van der Waals surface area (Å²) in [6, 6.07) is 10.2. The highest BCUT2D eigenvalue weighted by molar-refractivity contribution is 7.98. The van der Waals surface area contributed by atoms with Crippen molar-refractivity contribution in [3.63, 3.8) is 0 Å². The number of carbonyl (C=O) groups is 2. The van der Waals surface area contributed by atoms with Crippen molar-refractivity contribution in [2.24, 2.45) is 0 Å². The van der Waals surface area contributed by atoms with Gasteiger partial charge < -0.3 is 10.4 Å². The number of sulfonamides is 1. The van der Waals surface area contributed by atoms with Crippen LogP contribution in [-0.4, -0.2) is 65.6 Å². The van der Waals surface area contributed by atoms with Crippen LogP contribution < -0.4 is 5.32 Å². The van der Waals surface area contributed by atoms with Crippen LogP contribution in [0.1, 0.15) is 12.8 Å². The van der Waals surface area contributed by atoms with Gasteiger partial charge in [0.25, 0.3) is 0 Å². The quantitative estimate of drug-likeness (QED) is 0.514. The minimum Gasteiger partial charge on any atom is -0.480 e. The summed E-state index contributed by atoms with van der Waals surface area (Å²) in [6.07, 6.45) is 2.33. The average molecular weight is 469 g/mol. The number of carboxylic acids is 1. The fourth-order valence-electron chi connectivity index (χ4n) is 3.51. The molecule has 1 aliphatic heterocycles. The first-order chi connectivity index (χ1) is 14.2. The first-order valence-corrected chi connectivity index (χ1v) is 12.8. The van der Waals surface area contributed by atoms with Crippen molar-refractivity contribution in [3.05, 3.63) is 42.5 Å². The molecule has 30 heavy (non-hydrogen) atoms. The van der Waals surface area contributed by atoms with Crippen LogP contribution in [0.25, 0.3) is 10.8 Å². The Labute approximate surface area is 185 Å². The van der Waals surface area contributed by atoms with Gasteiger partial charge in [0, 0.05) is 11.8 Å². The molecule has 1 unspecified atom stereocenters. The topological polar surface area (TPSA) is 104 Å². The van der Waals surface area contributed by atoms with Gasteiger partial charge >= 0.3 is 5.97 Å². The molecule has 7 nitrogen and oxygen atoms in total. The van der Waals surface area contributed by atoms with Gasteiger partial charge in [-0.15, -0.1) is 0 Å². The third-order valence-electron chi connectivity index (χ3n) is 5.09. The molecule has 3 atom stereocenters. The Bertz CT molecular complexity index is 1040. The zero-order valence-electron chi connectivity index (χ0n) is 16.4. The van der Waals surface area contributed by atoms with Crippen LogP contribution in [0.15, 0.2) is 47.4 Å². The molecule has 0 saturated carbocycles. The van der Waals surface area contributed by atoms with Gasteiger partial charge in [0.15, 0.2) is 0 Å². The predicted molar refractivity (Wildman–Crippen MR) is 122 cm³/mol. The molecule has 1 aliphatic rings. The molecule has 0 spiro atoms. The Morgan fingerprint density at radius 1 is 1.27 bits per heavy atom. The third-order valence-corrected chi connectivity index (χ3v) is 7.98. The molecule has 1 heterocycles. The Kier molecular flexibility index (Phi) is 7.33. The molecule has 1 saturated heterocycles. The molecule has 1 amide bonds. The Balaban J connectivity index is 1.86. The number of aliphatic carboxylic acids is 1. The Morgan fingerprint density at radius 2 is 1.97 bits per heavy atom. The number of nitrogens with zero attached hydrogens (tertiary/aromatic N) is 1. The summed E-state index contributed by atoms with van der Waals surface area (Å²) in [5, 5.41) is 13.3. The number of carbonyl (C=O) groups excluding carboxylic acids is 1. The van der Waals surface area contributed by atoms with Crippen LogP contribution in [0.3, 0.4) is 0 Å². The number of benzene rings is 2. The number of fused-ring (bicyclic) bond motifs is 1. The molecule has 162 valence electrons. The van der Waals surface area contributed by atoms with Gasteiger partial charge in [0.2, 0.25) is 15.9 Å². The summed E-state index contributed by atoms with van der Waals surface area (Å²) in [5.41, 5.74) is 0. The monoisotopic (exact) mass is 468 g/mol. The smallest absolute Gasteiger partial charge is 0.326 e. The molecule has 0 radical (unpaired) electrons. The number of rotatable bonds is 8. The summed E-state index contributed by atoms with van der Waals surface area (Å²) in [4.78, 5) is 24.4. The zero-order valence-corrected chi connectivity index (χ0v) is 18.9. The van der Waals surface area contributed by atoms with Crippen LogP contribution in [0, 0.1) is 0 Å². The van der Waals surface area contributed by atoms with Crippen molar-refractivity contribution < 1.29 is 23.1 Å². The van der Waals surface area contributed by atoms with Crippen LogP contribution in [0.5, 0.6) is 0 Å². The van der Waals surface area contributed by atoms with E-state index < -0.39 is 34.0 Å². The van der Waals surface area contributed by atoms with Gasteiger partial charge in [0.1, 0.15) is 12.1 Å². The van der Waals surface area contributed by atoms with Crippen LogP contribution in [0.4, 0.5) is 0 Å². The standard InChI is InChI=1S/C20H24N2O5S3/c1-29-9-8-17(20(24)25)21-19(23)18-11-15(28)12-22(18)30(26,27)16-7-6-13-4-2-3-5-14(13)10-16/h2-7,10,15,17-18,28H,8-9,11-12H2,1H3,(H,21,23)(H,24,25)/t15-,17?,18-/m0/s1. The predicted octanol–water partition coefficient (Wildman–Crippen LogP) is 2.22. The maximum absolute atomic E-state index is 13.3. The lowest BCUT2D eigenvalue weighted by Gasteiger charge is -2.25. The van der Waals surface area contributed by atoms with Crippen molar-refractivity contribution in [3.8, 4) is 0 Å². The number of nitrogens with one attached hydrogen (secondary N) is 1. The molecule has 2 N–H and O–H groups in total. The number of thiol groups is 1. The van der Waals surface area contributed by atoms with Gasteiger partial charge in [-0.3, -0.25) is 4.79 Å². The van der Waals surface area contributed by atoms with Crippen LogP contribution >= 0.6 is 24.4 Å². The second kappa shape index (κ2) is 9.59. The highest BCUT2D eigenvalue weighted by atomic mass is 32.2. The lowest BCUT2D eigenvalue weighted by Crippen LogP contribution is -2.50. The SMILES string of the molecule is CSCCC(NC(=O)[C@@H]1C[C@H](S)CN1S(=O)(=O)c1ccc2ccccc2c1)C(=O)O. The van der Waals surface area contributed by atoms with Gasteiger partial charge in [-0.2, -0.15) is 28.7 Å². The second-order valence-corrected chi connectivity index (χ2v) is 10.8. The lowest BCUT2D eigenvalue weighted by molar-refractivity contribution is -0.142. The summed E-state index contributed by atoms with van der Waals surface area (Å²) in [6.45, 7) is 0.0822. The summed E-state index contributed by atoms with van der Waals surface area (Å²) in [5.74, 6) is -1.18. The third kappa shape index (κ3) is 4.93. The van der Waals surface area contributed by atoms with E-state index in [4.69, 9.17) is 0 Å². The summed E-state index contributed by atoms with van der Waals surface area (Å²) < 4.78 is 27.8. The molecular formula is C20H24N2O5S3. The normalized spacial score (nSPS) is 20.9. The zero-order chi connectivity index (χ0) is 21.9. The summed E-state index contributed by atoms with van der Waals surface area (Å²) >= 11 is 5.87. The molecule has 1 fully saturated rings. The van der Waals surface area contributed by atoms with Gasteiger partial charge in [-0.05, 0) is 47.8 Å². The van der Waals surface area contributed by atoms with E-state index in [2.05, 4.69) is 17.9 Å².